The van der Waals surface area contributed by atoms with Crippen molar-refractivity contribution in [1.29, 1.82) is 0 Å². The summed E-state index contributed by atoms with van der Waals surface area (Å²) >= 11 is 0. The quantitative estimate of drug-likeness (QED) is 0.595. The lowest BCUT2D eigenvalue weighted by Crippen LogP contribution is -2.38. The molecule has 0 radical (unpaired) electrons. The molecule has 0 unspecified atom stereocenters. The molecule has 1 rings (SSSR count). The minimum atomic E-state index is -0.385. The number of esters is 1. The van der Waals surface area contributed by atoms with Gasteiger partial charge in [0.15, 0.2) is 6.73 Å². The van der Waals surface area contributed by atoms with Crippen molar-refractivity contribution in [3.8, 4) is 5.75 Å². The molecule has 116 valence electrons. The Labute approximate surface area is 124 Å². The average Bonchev–Trinajstić information content (AvgIpc) is 2.44. The zero-order valence-electron chi connectivity index (χ0n) is 12.7. The van der Waals surface area contributed by atoms with Gasteiger partial charge in [-0.3, -0.25) is 4.79 Å². The normalized spacial score (nSPS) is 9.86. The van der Waals surface area contributed by atoms with E-state index < -0.39 is 0 Å². The third kappa shape index (κ3) is 6.16. The number of benzene rings is 1. The summed E-state index contributed by atoms with van der Waals surface area (Å²) in [7, 11) is 0. The van der Waals surface area contributed by atoms with Gasteiger partial charge >= 0.3 is 12.0 Å². The van der Waals surface area contributed by atoms with Crippen LogP contribution in [-0.4, -0.2) is 31.9 Å². The van der Waals surface area contributed by atoms with Gasteiger partial charge in [0.2, 0.25) is 0 Å². The number of nitrogens with one attached hydrogen (secondary N) is 2. The molecule has 0 aliphatic heterocycles. The first kappa shape index (κ1) is 16.8. The van der Waals surface area contributed by atoms with Crippen LogP contribution in [0.15, 0.2) is 18.2 Å². The van der Waals surface area contributed by atoms with Gasteiger partial charge in [-0.2, -0.15) is 0 Å². The van der Waals surface area contributed by atoms with E-state index in [4.69, 9.17) is 9.47 Å². The zero-order valence-corrected chi connectivity index (χ0v) is 12.7. The van der Waals surface area contributed by atoms with Crippen molar-refractivity contribution < 1.29 is 19.1 Å². The lowest BCUT2D eigenvalue weighted by atomic mass is 10.1. The molecule has 0 heterocycles. The van der Waals surface area contributed by atoms with Crippen molar-refractivity contribution in [2.24, 2.45) is 0 Å². The zero-order chi connectivity index (χ0) is 15.7. The predicted octanol–water partition coefficient (Wildman–Crippen LogP) is 1.89. The van der Waals surface area contributed by atoms with Crippen LogP contribution in [0.25, 0.3) is 0 Å². The van der Waals surface area contributed by atoms with E-state index in [2.05, 4.69) is 10.6 Å². The highest BCUT2D eigenvalue weighted by Crippen LogP contribution is 2.19. The molecule has 1 aromatic rings. The lowest BCUT2D eigenvalue weighted by molar-refractivity contribution is -0.142. The molecule has 1 aromatic carbocycles. The van der Waals surface area contributed by atoms with E-state index in [1.807, 2.05) is 32.0 Å². The maximum Gasteiger partial charge on any atom is 0.317 e. The summed E-state index contributed by atoms with van der Waals surface area (Å²) < 4.78 is 10.2. The van der Waals surface area contributed by atoms with Crippen molar-refractivity contribution >= 4 is 12.0 Å². The first-order valence-corrected chi connectivity index (χ1v) is 6.91. The van der Waals surface area contributed by atoms with E-state index in [-0.39, 0.29) is 31.7 Å². The van der Waals surface area contributed by atoms with Crippen LogP contribution in [0.2, 0.25) is 0 Å². The molecule has 0 atom stereocenters. The Morgan fingerprint density at radius 1 is 1.19 bits per heavy atom. The third-order valence-corrected chi connectivity index (χ3v) is 2.94. The summed E-state index contributed by atoms with van der Waals surface area (Å²) in [5.41, 5.74) is 2.17. The molecule has 0 fully saturated rings. The smallest absolute Gasteiger partial charge is 0.317 e. The van der Waals surface area contributed by atoms with Crippen molar-refractivity contribution in [3.63, 3.8) is 0 Å². The second-order valence-electron chi connectivity index (χ2n) is 4.47. The molecule has 6 nitrogen and oxygen atoms in total. The number of aryl methyl sites for hydroxylation is 1. The van der Waals surface area contributed by atoms with Crippen LogP contribution in [0, 0.1) is 13.8 Å². The van der Waals surface area contributed by atoms with Crippen molar-refractivity contribution in [1.82, 2.24) is 10.6 Å². The van der Waals surface area contributed by atoms with Crippen molar-refractivity contribution in [3.05, 3.63) is 29.3 Å². The molecule has 6 heteroatoms. The number of carbonyl (C=O) groups excluding carboxylic acids is 2. The van der Waals surface area contributed by atoms with Gasteiger partial charge < -0.3 is 20.1 Å². The number of ether oxygens (including phenoxy) is 2. The molecule has 21 heavy (non-hydrogen) atoms. The summed E-state index contributed by atoms with van der Waals surface area (Å²) in [5.74, 6) is 0.409. The Morgan fingerprint density at radius 2 is 1.95 bits per heavy atom. The van der Waals surface area contributed by atoms with E-state index in [0.29, 0.717) is 6.61 Å². The van der Waals surface area contributed by atoms with Gasteiger partial charge in [0.25, 0.3) is 0 Å². The van der Waals surface area contributed by atoms with Crippen LogP contribution in [0.3, 0.4) is 0 Å². The van der Waals surface area contributed by atoms with Crippen LogP contribution < -0.4 is 15.4 Å². The van der Waals surface area contributed by atoms with Crippen molar-refractivity contribution in [2.75, 3.05) is 19.9 Å². The fraction of sp³-hybridized carbons (Fsp3) is 0.467. The molecule has 0 aliphatic carbocycles. The minimum absolute atomic E-state index is 0.0650. The summed E-state index contributed by atoms with van der Waals surface area (Å²) in [4.78, 5) is 22.5. The number of rotatable bonds is 7. The molecule has 0 spiro atoms. The van der Waals surface area contributed by atoms with E-state index in [0.717, 1.165) is 16.9 Å². The Bertz CT molecular complexity index is 489. The fourth-order valence-electron chi connectivity index (χ4n) is 1.63. The monoisotopic (exact) mass is 294 g/mol. The predicted molar refractivity (Wildman–Crippen MR) is 79.2 cm³/mol. The Morgan fingerprint density at radius 3 is 2.67 bits per heavy atom. The molecule has 0 bridgehead atoms. The Kier molecular flexibility index (Phi) is 7.08. The number of amides is 2. The summed E-state index contributed by atoms with van der Waals surface area (Å²) in [6.45, 7) is 6.34. The first-order chi connectivity index (χ1) is 10.0. The first-order valence-electron chi connectivity index (χ1n) is 6.91. The van der Waals surface area contributed by atoms with Gasteiger partial charge in [-0.05, 0) is 38.0 Å². The molecule has 0 aliphatic rings. The van der Waals surface area contributed by atoms with Crippen LogP contribution in [-0.2, 0) is 9.53 Å². The van der Waals surface area contributed by atoms with Gasteiger partial charge in [-0.25, -0.2) is 4.79 Å². The van der Waals surface area contributed by atoms with Crippen LogP contribution in [0.5, 0.6) is 5.75 Å². The highest BCUT2D eigenvalue weighted by Gasteiger charge is 2.05. The average molecular weight is 294 g/mol. The molecule has 0 aromatic heterocycles. The third-order valence-electron chi connectivity index (χ3n) is 2.94. The van der Waals surface area contributed by atoms with Gasteiger partial charge in [0, 0.05) is 6.54 Å². The highest BCUT2D eigenvalue weighted by molar-refractivity contribution is 5.75. The van der Waals surface area contributed by atoms with E-state index in [9.17, 15) is 9.59 Å². The Balaban J connectivity index is 2.22. The number of urea groups is 1. The second kappa shape index (κ2) is 8.84. The lowest BCUT2D eigenvalue weighted by Gasteiger charge is -2.12. The molecule has 0 saturated heterocycles. The number of hydrogen-bond acceptors (Lipinski definition) is 4. The standard InChI is InChI=1S/C15H22N2O4/c1-4-20-14(18)8-9-16-15(19)17-10-21-13-7-5-6-11(2)12(13)3/h5-7H,4,8-10H2,1-3H3,(H2,16,17,19). The number of hydrogen-bond donors (Lipinski definition) is 2. The van der Waals surface area contributed by atoms with E-state index >= 15 is 0 Å². The summed E-state index contributed by atoms with van der Waals surface area (Å²) in [6.07, 6.45) is 0.152. The summed E-state index contributed by atoms with van der Waals surface area (Å²) in [6, 6.07) is 5.36. The highest BCUT2D eigenvalue weighted by atomic mass is 16.5. The minimum Gasteiger partial charge on any atom is -0.473 e. The van der Waals surface area contributed by atoms with Gasteiger partial charge in [-0.1, -0.05) is 12.1 Å². The fourth-order valence-corrected chi connectivity index (χ4v) is 1.63. The van der Waals surface area contributed by atoms with Gasteiger partial charge in [0.05, 0.1) is 13.0 Å². The Hall–Kier alpha value is -2.24. The largest absolute Gasteiger partial charge is 0.473 e. The molecule has 2 N–H and O–H groups in total. The maximum atomic E-state index is 11.5. The topological polar surface area (TPSA) is 76.7 Å². The van der Waals surface area contributed by atoms with Crippen LogP contribution >= 0.6 is 0 Å². The SMILES string of the molecule is CCOC(=O)CCNC(=O)NCOc1cccc(C)c1C. The molecule has 0 saturated carbocycles. The number of carbonyl (C=O) groups is 2. The van der Waals surface area contributed by atoms with Crippen molar-refractivity contribution in [2.45, 2.75) is 27.2 Å². The maximum absolute atomic E-state index is 11.5. The molecule has 2 amide bonds. The summed E-state index contributed by atoms with van der Waals surface area (Å²) in [5, 5.41) is 5.11. The van der Waals surface area contributed by atoms with Crippen LogP contribution in [0.1, 0.15) is 24.5 Å². The molecular weight excluding hydrogens is 272 g/mol. The van der Waals surface area contributed by atoms with Crippen LogP contribution in [0.4, 0.5) is 4.79 Å². The second-order valence-corrected chi connectivity index (χ2v) is 4.47. The van der Waals surface area contributed by atoms with E-state index in [1.165, 1.54) is 0 Å². The van der Waals surface area contributed by atoms with Gasteiger partial charge in [0.1, 0.15) is 5.75 Å². The van der Waals surface area contributed by atoms with Gasteiger partial charge in [-0.15, -0.1) is 0 Å². The molecular formula is C15H22N2O4. The van der Waals surface area contributed by atoms with E-state index in [1.54, 1.807) is 6.92 Å².